The molecule has 0 saturated carbocycles. The zero-order valence-electron chi connectivity index (χ0n) is 9.77. The fourth-order valence-corrected chi connectivity index (χ4v) is 1.50. The molecule has 0 N–H and O–H groups in total. The smallest absolute Gasteiger partial charge is 0.419 e. The highest BCUT2D eigenvalue weighted by Crippen LogP contribution is 2.40. The molecule has 1 aromatic rings. The van der Waals surface area contributed by atoms with Crippen LogP contribution in [0.25, 0.3) is 0 Å². The van der Waals surface area contributed by atoms with Gasteiger partial charge in [-0.1, -0.05) is 0 Å². The molecular weight excluding hydrogens is 297 g/mol. The largest absolute Gasteiger partial charge is 0.434 e. The SMILES string of the molecule is CC(=O)c1cc(C(F)(F)F)c(OC(F)F)cc1C(F)F. The van der Waals surface area contributed by atoms with E-state index in [4.69, 9.17) is 0 Å². The molecular formula is C11H7F7O2. The van der Waals surface area contributed by atoms with Crippen LogP contribution in [0.4, 0.5) is 30.7 Å². The van der Waals surface area contributed by atoms with Crippen LogP contribution in [0.15, 0.2) is 12.1 Å². The standard InChI is InChI=1S/C11H7F7O2/c1-4(19)5-2-7(11(16,17)18)8(20-10(14)15)3-6(5)9(12)13/h2-3,9-10H,1H3. The third-order valence-corrected chi connectivity index (χ3v) is 2.29. The zero-order valence-corrected chi connectivity index (χ0v) is 9.77. The maximum absolute atomic E-state index is 12.7. The van der Waals surface area contributed by atoms with E-state index in [2.05, 4.69) is 4.74 Å². The van der Waals surface area contributed by atoms with Crippen molar-refractivity contribution in [3.8, 4) is 5.75 Å². The first kappa shape index (κ1) is 16.3. The molecule has 0 aliphatic rings. The van der Waals surface area contributed by atoms with Crippen molar-refractivity contribution in [3.05, 3.63) is 28.8 Å². The average molecular weight is 304 g/mol. The van der Waals surface area contributed by atoms with Crippen molar-refractivity contribution in [1.29, 1.82) is 0 Å². The number of carbonyl (C=O) groups is 1. The van der Waals surface area contributed by atoms with Gasteiger partial charge >= 0.3 is 12.8 Å². The number of ether oxygens (including phenoxy) is 1. The Bertz CT molecular complexity index is 508. The number of hydrogen-bond donors (Lipinski definition) is 0. The third-order valence-electron chi connectivity index (χ3n) is 2.29. The van der Waals surface area contributed by atoms with Crippen LogP contribution < -0.4 is 4.74 Å². The average Bonchev–Trinajstić information content (AvgIpc) is 2.25. The minimum absolute atomic E-state index is 0.0849. The minimum atomic E-state index is -5.13. The summed E-state index contributed by atoms with van der Waals surface area (Å²) < 4.78 is 90.9. The van der Waals surface area contributed by atoms with Crippen molar-refractivity contribution in [2.75, 3.05) is 0 Å². The Morgan fingerprint density at radius 2 is 1.70 bits per heavy atom. The van der Waals surface area contributed by atoms with Crippen LogP contribution >= 0.6 is 0 Å². The molecule has 0 aliphatic carbocycles. The van der Waals surface area contributed by atoms with Gasteiger partial charge in [0.05, 0.1) is 5.56 Å². The normalized spacial score (nSPS) is 12.1. The van der Waals surface area contributed by atoms with Crippen molar-refractivity contribution in [2.24, 2.45) is 0 Å². The molecule has 0 radical (unpaired) electrons. The molecule has 0 heterocycles. The van der Waals surface area contributed by atoms with E-state index >= 15 is 0 Å². The first-order chi connectivity index (χ1) is 9.04. The van der Waals surface area contributed by atoms with Crippen LogP contribution in [0, 0.1) is 0 Å². The van der Waals surface area contributed by atoms with Gasteiger partial charge in [0.1, 0.15) is 5.75 Å². The lowest BCUT2D eigenvalue weighted by Crippen LogP contribution is -2.14. The van der Waals surface area contributed by atoms with Crippen LogP contribution in [0.1, 0.15) is 34.8 Å². The van der Waals surface area contributed by atoms with E-state index in [0.717, 1.165) is 6.92 Å². The van der Waals surface area contributed by atoms with Gasteiger partial charge in [-0.05, 0) is 19.1 Å². The van der Waals surface area contributed by atoms with E-state index in [1.165, 1.54) is 0 Å². The Morgan fingerprint density at radius 3 is 2.05 bits per heavy atom. The van der Waals surface area contributed by atoms with E-state index in [1.54, 1.807) is 0 Å². The minimum Gasteiger partial charge on any atom is -0.434 e. The van der Waals surface area contributed by atoms with Gasteiger partial charge in [0.2, 0.25) is 0 Å². The third kappa shape index (κ3) is 3.61. The van der Waals surface area contributed by atoms with Crippen molar-refractivity contribution in [3.63, 3.8) is 0 Å². The first-order valence-electron chi connectivity index (χ1n) is 5.03. The number of hydrogen-bond acceptors (Lipinski definition) is 2. The molecule has 0 saturated heterocycles. The van der Waals surface area contributed by atoms with Gasteiger partial charge in [-0.15, -0.1) is 0 Å². The van der Waals surface area contributed by atoms with Crippen LogP contribution in [0.5, 0.6) is 5.75 Å². The lowest BCUT2D eigenvalue weighted by Gasteiger charge is -2.17. The number of halogens is 7. The van der Waals surface area contributed by atoms with Gasteiger partial charge in [-0.2, -0.15) is 22.0 Å². The number of carbonyl (C=O) groups excluding carboxylic acids is 1. The van der Waals surface area contributed by atoms with Gasteiger partial charge in [0.25, 0.3) is 6.43 Å². The Kier molecular flexibility index (Phi) is 4.61. The number of ketones is 1. The maximum Gasteiger partial charge on any atom is 0.419 e. The maximum atomic E-state index is 12.7. The molecule has 0 atom stereocenters. The molecule has 0 bridgehead atoms. The molecule has 9 heteroatoms. The first-order valence-corrected chi connectivity index (χ1v) is 5.03. The summed E-state index contributed by atoms with van der Waals surface area (Å²) in [5.74, 6) is -2.50. The summed E-state index contributed by atoms with van der Waals surface area (Å²) in [7, 11) is 0. The molecule has 1 aromatic carbocycles. The van der Waals surface area contributed by atoms with Gasteiger partial charge in [-0.25, -0.2) is 8.78 Å². The Morgan fingerprint density at radius 1 is 1.15 bits per heavy atom. The summed E-state index contributed by atoms with van der Waals surface area (Å²) in [6.45, 7) is -2.83. The highest BCUT2D eigenvalue weighted by atomic mass is 19.4. The number of rotatable bonds is 4. The van der Waals surface area contributed by atoms with E-state index < -0.39 is 47.4 Å². The van der Waals surface area contributed by atoms with Crippen molar-refractivity contribution in [1.82, 2.24) is 0 Å². The number of benzene rings is 1. The summed E-state index contributed by atoms with van der Waals surface area (Å²) in [5.41, 5.74) is -3.71. The predicted octanol–water partition coefficient (Wildman–Crippen LogP) is 4.45. The van der Waals surface area contributed by atoms with Crippen LogP contribution in [0.2, 0.25) is 0 Å². The highest BCUT2D eigenvalue weighted by molar-refractivity contribution is 5.96. The molecule has 2 nitrogen and oxygen atoms in total. The van der Waals surface area contributed by atoms with Crippen molar-refractivity contribution < 1.29 is 40.3 Å². The van der Waals surface area contributed by atoms with Gasteiger partial charge in [0, 0.05) is 11.1 Å². The Balaban J connectivity index is 3.56. The number of Topliss-reactive ketones (excluding diaryl/α,β-unsaturated/α-hetero) is 1. The Labute approximate surface area is 108 Å². The molecule has 0 unspecified atom stereocenters. The summed E-state index contributed by atoms with van der Waals surface area (Å²) in [5, 5.41) is 0. The van der Waals surface area contributed by atoms with Gasteiger partial charge in [0.15, 0.2) is 5.78 Å². The van der Waals surface area contributed by atoms with Crippen LogP contribution in [-0.2, 0) is 6.18 Å². The second kappa shape index (κ2) is 5.68. The lowest BCUT2D eigenvalue weighted by atomic mass is 10.00. The molecule has 0 aliphatic heterocycles. The van der Waals surface area contributed by atoms with Crippen molar-refractivity contribution >= 4 is 5.78 Å². The van der Waals surface area contributed by atoms with E-state index in [-0.39, 0.29) is 12.1 Å². The predicted molar refractivity (Wildman–Crippen MR) is 53.0 cm³/mol. The van der Waals surface area contributed by atoms with Gasteiger partial charge < -0.3 is 4.74 Å². The topological polar surface area (TPSA) is 26.3 Å². The second-order valence-corrected chi connectivity index (χ2v) is 3.67. The van der Waals surface area contributed by atoms with E-state index in [0.29, 0.717) is 0 Å². The monoisotopic (exact) mass is 304 g/mol. The van der Waals surface area contributed by atoms with E-state index in [9.17, 15) is 35.5 Å². The molecule has 0 fully saturated rings. The summed E-state index contributed by atoms with van der Waals surface area (Å²) in [6.07, 6.45) is -8.44. The van der Waals surface area contributed by atoms with Crippen LogP contribution in [-0.4, -0.2) is 12.4 Å². The molecule has 0 amide bonds. The Hall–Kier alpha value is -1.80. The quantitative estimate of drug-likeness (QED) is 0.607. The second-order valence-electron chi connectivity index (χ2n) is 3.67. The fourth-order valence-electron chi connectivity index (χ4n) is 1.50. The molecule has 20 heavy (non-hydrogen) atoms. The zero-order chi connectivity index (χ0) is 15.7. The lowest BCUT2D eigenvalue weighted by molar-refractivity contribution is -0.141. The number of alkyl halides is 7. The van der Waals surface area contributed by atoms with E-state index in [1.807, 2.05) is 0 Å². The summed E-state index contributed by atoms with van der Waals surface area (Å²) in [4.78, 5) is 11.1. The molecule has 0 spiro atoms. The summed E-state index contributed by atoms with van der Waals surface area (Å²) >= 11 is 0. The van der Waals surface area contributed by atoms with Crippen LogP contribution in [0.3, 0.4) is 0 Å². The molecule has 112 valence electrons. The highest BCUT2D eigenvalue weighted by Gasteiger charge is 2.37. The molecule has 1 rings (SSSR count). The summed E-state index contributed by atoms with van der Waals surface area (Å²) in [6, 6.07) is 0.192. The van der Waals surface area contributed by atoms with Gasteiger partial charge in [-0.3, -0.25) is 4.79 Å². The fraction of sp³-hybridized carbons (Fsp3) is 0.364. The molecule has 0 aromatic heterocycles. The van der Waals surface area contributed by atoms with Crippen molar-refractivity contribution in [2.45, 2.75) is 26.1 Å².